The summed E-state index contributed by atoms with van der Waals surface area (Å²) in [6.07, 6.45) is 4.34. The molecule has 0 radical (unpaired) electrons. The van der Waals surface area contributed by atoms with E-state index in [0.717, 1.165) is 35.0 Å². The summed E-state index contributed by atoms with van der Waals surface area (Å²) in [5.41, 5.74) is 2.24. The number of nitrogens with one attached hydrogen (secondary N) is 1. The van der Waals surface area contributed by atoms with Crippen molar-refractivity contribution in [3.05, 3.63) is 40.5 Å². The molecule has 0 amide bonds. The molecule has 1 aliphatic heterocycles. The maximum Gasteiger partial charge on any atom is 0.227 e. The number of aromatic nitrogens is 2. The molecule has 1 saturated heterocycles. The van der Waals surface area contributed by atoms with Crippen LogP contribution in [0.25, 0.3) is 0 Å². The second-order valence-electron chi connectivity index (χ2n) is 6.02. The van der Waals surface area contributed by atoms with Gasteiger partial charge >= 0.3 is 0 Å². The van der Waals surface area contributed by atoms with Gasteiger partial charge in [0.1, 0.15) is 5.82 Å². The Morgan fingerprint density at radius 2 is 2.18 bits per heavy atom. The summed E-state index contributed by atoms with van der Waals surface area (Å²) >= 11 is 3.52. The molecule has 2 aromatic rings. The monoisotopic (exact) mass is 360 g/mol. The Hall–Kier alpha value is -1.62. The number of halogens is 1. The minimum atomic E-state index is 0.711. The van der Waals surface area contributed by atoms with Crippen molar-refractivity contribution in [3.63, 3.8) is 0 Å². The number of hydrogen-bond donors (Lipinski definition) is 1. The van der Waals surface area contributed by atoms with Crippen LogP contribution in [0, 0.1) is 12.8 Å². The van der Waals surface area contributed by atoms with Crippen molar-refractivity contribution in [2.24, 2.45) is 5.92 Å². The van der Waals surface area contributed by atoms with Crippen molar-refractivity contribution in [2.45, 2.75) is 26.7 Å². The standard InChI is InChI=1S/C17H21BrN4/c1-12-4-3-9-22(11-12)17-19-8-7-16(21-17)20-14-5-6-15(18)13(2)10-14/h5-8,10,12H,3-4,9,11H2,1-2H3,(H,19,20,21). The fraction of sp³-hybridized carbons (Fsp3) is 0.412. The Kier molecular flexibility index (Phi) is 4.62. The van der Waals surface area contributed by atoms with Gasteiger partial charge in [0.25, 0.3) is 0 Å². The highest BCUT2D eigenvalue weighted by Crippen LogP contribution is 2.24. The van der Waals surface area contributed by atoms with Gasteiger partial charge in [0.05, 0.1) is 0 Å². The molecule has 0 spiro atoms. The molecule has 5 heteroatoms. The summed E-state index contributed by atoms with van der Waals surface area (Å²) in [4.78, 5) is 11.4. The number of benzene rings is 1. The molecule has 116 valence electrons. The molecule has 1 aliphatic rings. The molecule has 1 atom stereocenters. The van der Waals surface area contributed by atoms with E-state index >= 15 is 0 Å². The van der Waals surface area contributed by atoms with E-state index in [2.05, 4.69) is 56.0 Å². The van der Waals surface area contributed by atoms with Crippen molar-refractivity contribution in [1.29, 1.82) is 0 Å². The molecule has 22 heavy (non-hydrogen) atoms. The molecule has 0 bridgehead atoms. The number of aryl methyl sites for hydroxylation is 1. The highest BCUT2D eigenvalue weighted by molar-refractivity contribution is 9.10. The van der Waals surface area contributed by atoms with Gasteiger partial charge < -0.3 is 10.2 Å². The quantitative estimate of drug-likeness (QED) is 0.872. The number of anilines is 3. The Bertz CT molecular complexity index is 659. The van der Waals surface area contributed by atoms with E-state index in [0.29, 0.717) is 5.92 Å². The third-order valence-electron chi connectivity index (χ3n) is 4.01. The van der Waals surface area contributed by atoms with Crippen LogP contribution in [-0.2, 0) is 0 Å². The molecule has 1 fully saturated rings. The van der Waals surface area contributed by atoms with Gasteiger partial charge in [-0.2, -0.15) is 4.98 Å². The number of rotatable bonds is 3. The van der Waals surface area contributed by atoms with E-state index in [-0.39, 0.29) is 0 Å². The summed E-state index contributed by atoms with van der Waals surface area (Å²) in [7, 11) is 0. The SMILES string of the molecule is Cc1cc(Nc2ccnc(N3CCCC(C)C3)n2)ccc1Br. The lowest BCUT2D eigenvalue weighted by Crippen LogP contribution is -2.35. The molecule has 1 aromatic heterocycles. The predicted molar refractivity (Wildman–Crippen MR) is 94.8 cm³/mol. The molecular weight excluding hydrogens is 340 g/mol. The van der Waals surface area contributed by atoms with Crippen molar-refractivity contribution >= 4 is 33.4 Å². The van der Waals surface area contributed by atoms with E-state index < -0.39 is 0 Å². The zero-order chi connectivity index (χ0) is 15.5. The second kappa shape index (κ2) is 6.65. The summed E-state index contributed by atoms with van der Waals surface area (Å²) in [6.45, 7) is 6.46. The van der Waals surface area contributed by atoms with E-state index in [9.17, 15) is 0 Å². The molecule has 2 heterocycles. The van der Waals surface area contributed by atoms with Crippen molar-refractivity contribution < 1.29 is 0 Å². The van der Waals surface area contributed by atoms with E-state index in [1.54, 1.807) is 0 Å². The lowest BCUT2D eigenvalue weighted by molar-refractivity contribution is 0.442. The average Bonchev–Trinajstić information content (AvgIpc) is 2.51. The fourth-order valence-corrected chi connectivity index (χ4v) is 3.06. The maximum atomic E-state index is 4.67. The predicted octanol–water partition coefficient (Wildman–Crippen LogP) is 4.53. The fourth-order valence-electron chi connectivity index (χ4n) is 2.81. The number of nitrogens with zero attached hydrogens (tertiary/aromatic N) is 3. The van der Waals surface area contributed by atoms with Crippen LogP contribution < -0.4 is 10.2 Å². The molecule has 4 nitrogen and oxygen atoms in total. The van der Waals surface area contributed by atoms with Gasteiger partial charge in [-0.1, -0.05) is 22.9 Å². The van der Waals surface area contributed by atoms with Gasteiger partial charge in [-0.15, -0.1) is 0 Å². The van der Waals surface area contributed by atoms with Gasteiger partial charge in [-0.25, -0.2) is 4.98 Å². The Balaban J connectivity index is 1.77. The molecule has 1 unspecified atom stereocenters. The first-order chi connectivity index (χ1) is 10.6. The van der Waals surface area contributed by atoms with Crippen LogP contribution in [0.2, 0.25) is 0 Å². The second-order valence-corrected chi connectivity index (χ2v) is 6.88. The molecule has 3 rings (SSSR count). The van der Waals surface area contributed by atoms with E-state index in [4.69, 9.17) is 0 Å². The van der Waals surface area contributed by atoms with Gasteiger partial charge in [0.2, 0.25) is 5.95 Å². The van der Waals surface area contributed by atoms with Crippen LogP contribution in [0.4, 0.5) is 17.5 Å². The maximum absolute atomic E-state index is 4.67. The number of hydrogen-bond acceptors (Lipinski definition) is 4. The molecule has 0 saturated carbocycles. The molecular formula is C17H21BrN4. The molecule has 1 aromatic carbocycles. The van der Waals surface area contributed by atoms with Crippen LogP contribution >= 0.6 is 15.9 Å². The zero-order valence-corrected chi connectivity index (χ0v) is 14.6. The van der Waals surface area contributed by atoms with Crippen molar-refractivity contribution in [2.75, 3.05) is 23.3 Å². The lowest BCUT2D eigenvalue weighted by Gasteiger charge is -2.30. The smallest absolute Gasteiger partial charge is 0.227 e. The summed E-state index contributed by atoms with van der Waals surface area (Å²) in [6, 6.07) is 8.11. The highest BCUT2D eigenvalue weighted by atomic mass is 79.9. The third kappa shape index (κ3) is 3.58. The van der Waals surface area contributed by atoms with Crippen LogP contribution in [0.15, 0.2) is 34.9 Å². The van der Waals surface area contributed by atoms with Gasteiger partial charge in [0, 0.05) is 29.4 Å². The largest absolute Gasteiger partial charge is 0.341 e. The first kappa shape index (κ1) is 15.3. The first-order valence-electron chi connectivity index (χ1n) is 7.73. The van der Waals surface area contributed by atoms with Crippen molar-refractivity contribution in [3.8, 4) is 0 Å². The lowest BCUT2D eigenvalue weighted by atomic mass is 10.0. The summed E-state index contributed by atoms with van der Waals surface area (Å²) in [5.74, 6) is 2.37. The van der Waals surface area contributed by atoms with E-state index in [1.807, 2.05) is 24.4 Å². The average molecular weight is 361 g/mol. The van der Waals surface area contributed by atoms with Crippen LogP contribution in [-0.4, -0.2) is 23.1 Å². The highest BCUT2D eigenvalue weighted by Gasteiger charge is 2.18. The molecule has 0 aliphatic carbocycles. The Labute approximate surface area is 140 Å². The number of piperidine rings is 1. The minimum Gasteiger partial charge on any atom is -0.341 e. The van der Waals surface area contributed by atoms with Gasteiger partial charge in [-0.3, -0.25) is 0 Å². The topological polar surface area (TPSA) is 41.1 Å². The van der Waals surface area contributed by atoms with Crippen LogP contribution in [0.3, 0.4) is 0 Å². The summed E-state index contributed by atoms with van der Waals surface area (Å²) < 4.78 is 1.11. The molecule has 1 N–H and O–H groups in total. The van der Waals surface area contributed by atoms with Crippen LogP contribution in [0.1, 0.15) is 25.3 Å². The minimum absolute atomic E-state index is 0.711. The Morgan fingerprint density at radius 1 is 1.32 bits per heavy atom. The van der Waals surface area contributed by atoms with Crippen LogP contribution in [0.5, 0.6) is 0 Å². The van der Waals surface area contributed by atoms with Crippen molar-refractivity contribution in [1.82, 2.24) is 9.97 Å². The van der Waals surface area contributed by atoms with E-state index in [1.165, 1.54) is 18.4 Å². The zero-order valence-electron chi connectivity index (χ0n) is 13.0. The Morgan fingerprint density at radius 3 is 2.95 bits per heavy atom. The first-order valence-corrected chi connectivity index (χ1v) is 8.52. The van der Waals surface area contributed by atoms with Gasteiger partial charge in [-0.05, 0) is 55.5 Å². The third-order valence-corrected chi connectivity index (χ3v) is 4.90. The normalized spacial score (nSPS) is 18.3. The summed E-state index contributed by atoms with van der Waals surface area (Å²) in [5, 5.41) is 3.36. The van der Waals surface area contributed by atoms with Gasteiger partial charge in [0.15, 0.2) is 0 Å².